The van der Waals surface area contributed by atoms with Crippen LogP contribution < -0.4 is 0 Å². The molecule has 0 radical (unpaired) electrons. The lowest BCUT2D eigenvalue weighted by atomic mass is 9.90. The predicted octanol–water partition coefficient (Wildman–Crippen LogP) is 5.73. The molecule has 0 heterocycles. The summed E-state index contributed by atoms with van der Waals surface area (Å²) >= 11 is 0. The molecule has 19 heavy (non-hydrogen) atoms. The van der Waals surface area contributed by atoms with E-state index in [2.05, 4.69) is 39.8 Å². The smallest absolute Gasteiger partial charge is 0.0886 e. The van der Waals surface area contributed by atoms with Crippen LogP contribution in [0.15, 0.2) is 46.6 Å². The van der Waals surface area contributed by atoms with E-state index < -0.39 is 0 Å². The van der Waals surface area contributed by atoms with Gasteiger partial charge in [-0.25, -0.2) is 0 Å². The quantitative estimate of drug-likeness (QED) is 0.557. The van der Waals surface area contributed by atoms with Crippen molar-refractivity contribution in [2.75, 3.05) is 0 Å². The van der Waals surface area contributed by atoms with Gasteiger partial charge in [0.25, 0.3) is 0 Å². The van der Waals surface area contributed by atoms with Crippen LogP contribution in [0, 0.1) is 17.2 Å². The van der Waals surface area contributed by atoms with Crippen molar-refractivity contribution in [3.8, 4) is 6.07 Å². The Labute approximate surface area is 119 Å². The third-order valence-corrected chi connectivity index (χ3v) is 3.52. The van der Waals surface area contributed by atoms with Crippen LogP contribution in [0.5, 0.6) is 0 Å². The van der Waals surface area contributed by atoms with Crippen molar-refractivity contribution in [2.24, 2.45) is 5.92 Å². The molecule has 104 valence electrons. The number of nitrogens with zero attached hydrogens (tertiary/aromatic N) is 1. The van der Waals surface area contributed by atoms with Gasteiger partial charge in [0.05, 0.1) is 12.0 Å². The van der Waals surface area contributed by atoms with E-state index in [-0.39, 0.29) is 5.92 Å². The Morgan fingerprint density at radius 1 is 1.16 bits per heavy atom. The highest BCUT2D eigenvalue weighted by Crippen LogP contribution is 2.24. The number of hydrogen-bond acceptors (Lipinski definition) is 1. The Balaban J connectivity index is 5.39. The Morgan fingerprint density at radius 3 is 2.16 bits per heavy atom. The average molecular weight is 257 g/mol. The minimum atomic E-state index is -0.123. The van der Waals surface area contributed by atoms with Crippen LogP contribution in [0.3, 0.4) is 0 Å². The first-order valence-electron chi connectivity index (χ1n) is 7.07. The highest BCUT2D eigenvalue weighted by molar-refractivity contribution is 5.36. The van der Waals surface area contributed by atoms with Gasteiger partial charge in [-0.15, -0.1) is 0 Å². The third-order valence-electron chi connectivity index (χ3n) is 3.52. The second-order valence-corrected chi connectivity index (χ2v) is 4.87. The molecule has 0 aliphatic carbocycles. The van der Waals surface area contributed by atoms with Crippen LogP contribution in [0.4, 0.5) is 0 Å². The second-order valence-electron chi connectivity index (χ2n) is 4.87. The van der Waals surface area contributed by atoms with Crippen LogP contribution in [0.2, 0.25) is 0 Å². The standard InChI is InChI=1S/C18H27N/c1-7-10-11-14(4)18(13-19)16(6)15(5)12-17(8-2)9-3/h7,10-12,18H,8-9H2,1-6H3/b10-7-,14-11+,16-15+. The zero-order chi connectivity index (χ0) is 14.8. The van der Waals surface area contributed by atoms with Crippen LogP contribution in [-0.2, 0) is 0 Å². The maximum atomic E-state index is 9.39. The Morgan fingerprint density at radius 2 is 1.74 bits per heavy atom. The molecule has 0 fully saturated rings. The lowest BCUT2D eigenvalue weighted by molar-refractivity contribution is 0.888. The van der Waals surface area contributed by atoms with E-state index in [0.29, 0.717) is 0 Å². The highest BCUT2D eigenvalue weighted by atomic mass is 14.3. The van der Waals surface area contributed by atoms with Crippen LogP contribution >= 0.6 is 0 Å². The van der Waals surface area contributed by atoms with E-state index >= 15 is 0 Å². The molecule has 1 unspecified atom stereocenters. The van der Waals surface area contributed by atoms with Gasteiger partial charge in [-0.3, -0.25) is 0 Å². The van der Waals surface area contributed by atoms with Gasteiger partial charge in [0, 0.05) is 0 Å². The van der Waals surface area contributed by atoms with Crippen molar-refractivity contribution in [3.63, 3.8) is 0 Å². The number of rotatable bonds is 6. The summed E-state index contributed by atoms with van der Waals surface area (Å²) in [5.74, 6) is -0.123. The van der Waals surface area contributed by atoms with Crippen molar-refractivity contribution >= 4 is 0 Å². The monoisotopic (exact) mass is 257 g/mol. The zero-order valence-corrected chi connectivity index (χ0v) is 13.2. The summed E-state index contributed by atoms with van der Waals surface area (Å²) in [6.07, 6.45) is 10.4. The molecule has 0 saturated heterocycles. The number of nitriles is 1. The van der Waals surface area contributed by atoms with E-state index in [1.165, 1.54) is 11.1 Å². The van der Waals surface area contributed by atoms with Gasteiger partial charge < -0.3 is 0 Å². The van der Waals surface area contributed by atoms with E-state index in [1.807, 2.05) is 32.1 Å². The molecular weight excluding hydrogens is 230 g/mol. The Hall–Kier alpha value is -1.55. The maximum Gasteiger partial charge on any atom is 0.0886 e. The summed E-state index contributed by atoms with van der Waals surface area (Å²) in [7, 11) is 0. The predicted molar refractivity (Wildman–Crippen MR) is 84.7 cm³/mol. The van der Waals surface area contributed by atoms with E-state index in [4.69, 9.17) is 0 Å². The summed E-state index contributed by atoms with van der Waals surface area (Å²) in [6.45, 7) is 12.5. The van der Waals surface area contributed by atoms with Crippen LogP contribution in [0.25, 0.3) is 0 Å². The largest absolute Gasteiger partial charge is 0.197 e. The minimum absolute atomic E-state index is 0.123. The Kier molecular flexibility index (Phi) is 8.62. The van der Waals surface area contributed by atoms with Gasteiger partial charge in [0.1, 0.15) is 0 Å². The summed E-state index contributed by atoms with van der Waals surface area (Å²) in [6, 6.07) is 2.41. The van der Waals surface area contributed by atoms with E-state index in [1.54, 1.807) is 0 Å². The topological polar surface area (TPSA) is 23.8 Å². The lowest BCUT2D eigenvalue weighted by Crippen LogP contribution is -2.02. The summed E-state index contributed by atoms with van der Waals surface area (Å²) in [4.78, 5) is 0. The molecule has 1 nitrogen and oxygen atoms in total. The molecule has 0 bridgehead atoms. The number of allylic oxidation sites excluding steroid dienone is 8. The minimum Gasteiger partial charge on any atom is -0.197 e. The average Bonchev–Trinajstić information content (AvgIpc) is 2.42. The fourth-order valence-electron chi connectivity index (χ4n) is 1.99. The van der Waals surface area contributed by atoms with Gasteiger partial charge in [0.2, 0.25) is 0 Å². The second kappa shape index (κ2) is 9.39. The van der Waals surface area contributed by atoms with Crippen LogP contribution in [0.1, 0.15) is 54.4 Å². The first-order chi connectivity index (χ1) is 9.01. The first-order valence-corrected chi connectivity index (χ1v) is 7.07. The van der Waals surface area contributed by atoms with Gasteiger partial charge >= 0.3 is 0 Å². The van der Waals surface area contributed by atoms with Gasteiger partial charge in [-0.2, -0.15) is 5.26 Å². The molecule has 0 aliphatic heterocycles. The third kappa shape index (κ3) is 5.75. The Bertz CT molecular complexity index is 433. The van der Waals surface area contributed by atoms with Crippen molar-refractivity contribution in [3.05, 3.63) is 46.6 Å². The van der Waals surface area contributed by atoms with E-state index in [9.17, 15) is 5.26 Å². The first kappa shape index (κ1) is 17.4. The van der Waals surface area contributed by atoms with Crippen molar-refractivity contribution in [2.45, 2.75) is 54.4 Å². The number of hydrogen-bond donors (Lipinski definition) is 0. The molecule has 0 aromatic heterocycles. The van der Waals surface area contributed by atoms with Crippen molar-refractivity contribution in [1.82, 2.24) is 0 Å². The van der Waals surface area contributed by atoms with E-state index in [0.717, 1.165) is 24.0 Å². The normalized spacial score (nSPS) is 14.9. The fourth-order valence-corrected chi connectivity index (χ4v) is 1.99. The molecule has 0 aromatic carbocycles. The fraction of sp³-hybridized carbons (Fsp3) is 0.500. The van der Waals surface area contributed by atoms with Crippen molar-refractivity contribution < 1.29 is 0 Å². The zero-order valence-electron chi connectivity index (χ0n) is 13.2. The molecule has 0 spiro atoms. The van der Waals surface area contributed by atoms with Gasteiger partial charge in [-0.1, -0.05) is 54.9 Å². The molecule has 0 amide bonds. The molecule has 1 heteroatoms. The summed E-state index contributed by atoms with van der Waals surface area (Å²) in [5, 5.41) is 9.39. The molecule has 0 saturated carbocycles. The molecule has 1 atom stereocenters. The van der Waals surface area contributed by atoms with Crippen molar-refractivity contribution in [1.29, 1.82) is 5.26 Å². The lowest BCUT2D eigenvalue weighted by Gasteiger charge is -2.13. The maximum absolute atomic E-state index is 9.39. The van der Waals surface area contributed by atoms with Gasteiger partial charge in [0.15, 0.2) is 0 Å². The van der Waals surface area contributed by atoms with Crippen LogP contribution in [-0.4, -0.2) is 0 Å². The molecular formula is C18H27N. The molecule has 0 aromatic rings. The highest BCUT2D eigenvalue weighted by Gasteiger charge is 2.13. The SMILES string of the molecule is C/C=C\C=C(/C)C(C#N)/C(C)=C(\C)C=C(CC)CC. The summed E-state index contributed by atoms with van der Waals surface area (Å²) in [5.41, 5.74) is 4.91. The molecule has 0 rings (SSSR count). The molecule has 0 N–H and O–H groups in total. The molecule has 0 aliphatic rings. The van der Waals surface area contributed by atoms with Gasteiger partial charge in [-0.05, 0) is 46.1 Å². The summed E-state index contributed by atoms with van der Waals surface area (Å²) < 4.78 is 0.